The van der Waals surface area contributed by atoms with Gasteiger partial charge in [-0.05, 0) is 30.7 Å². The highest BCUT2D eigenvalue weighted by molar-refractivity contribution is 7.86. The molecule has 9 heteroatoms. The number of hydrogen-bond donors (Lipinski definition) is 0. The Balaban J connectivity index is 1.93. The Kier molecular flexibility index (Phi) is 4.97. The van der Waals surface area contributed by atoms with Gasteiger partial charge in [0.05, 0.1) is 25.7 Å². The van der Waals surface area contributed by atoms with Crippen LogP contribution in [0, 0.1) is 10.1 Å². The van der Waals surface area contributed by atoms with Crippen LogP contribution in [-0.4, -0.2) is 32.2 Å². The third-order valence-electron chi connectivity index (χ3n) is 3.70. The lowest BCUT2D eigenvalue weighted by molar-refractivity contribution is -0.385. The lowest BCUT2D eigenvalue weighted by atomic mass is 10.1. The summed E-state index contributed by atoms with van der Waals surface area (Å²) in [5, 5.41) is 13.4. The second-order valence-electron chi connectivity index (χ2n) is 5.22. The van der Waals surface area contributed by atoms with Crippen molar-refractivity contribution < 1.29 is 9.13 Å². The van der Waals surface area contributed by atoms with Crippen LogP contribution < -0.4 is 4.90 Å². The zero-order valence-electron chi connectivity index (χ0n) is 12.4. The zero-order chi connectivity index (χ0) is 16.2. The first-order valence-electron chi connectivity index (χ1n) is 7.32. The fourth-order valence-corrected chi connectivity index (χ4v) is 4.68. The van der Waals surface area contributed by atoms with Crippen molar-refractivity contribution in [1.82, 2.24) is 9.97 Å². The molecular weight excluding hydrogens is 336 g/mol. The number of nitrogens with zero attached hydrogens (tertiary/aromatic N) is 4. The maximum Gasteiger partial charge on any atom is 0.333 e. The Bertz CT molecular complexity index is 715. The molecule has 23 heavy (non-hydrogen) atoms. The Morgan fingerprint density at radius 1 is 1.30 bits per heavy atom. The fraction of sp³-hybridized carbons (Fsp3) is 0.429. The van der Waals surface area contributed by atoms with Gasteiger partial charge in [-0.3, -0.25) is 14.3 Å². The summed E-state index contributed by atoms with van der Waals surface area (Å²) in [4.78, 5) is 21.2. The number of nitro groups is 1. The molecule has 2 aromatic rings. The Labute approximate surface area is 140 Å². The predicted molar refractivity (Wildman–Crippen MR) is 89.2 cm³/mol. The van der Waals surface area contributed by atoms with Gasteiger partial charge in [0.25, 0.3) is 0 Å². The van der Waals surface area contributed by atoms with Crippen molar-refractivity contribution in [2.24, 2.45) is 0 Å². The van der Waals surface area contributed by atoms with Crippen molar-refractivity contribution in [1.29, 1.82) is 0 Å². The summed E-state index contributed by atoms with van der Waals surface area (Å²) in [5.41, 5.74) is 0.122. The van der Waals surface area contributed by atoms with E-state index in [4.69, 9.17) is 0 Å². The molecule has 1 saturated heterocycles. The maximum atomic E-state index is 12.4. The van der Waals surface area contributed by atoms with E-state index in [1.807, 2.05) is 16.3 Å². The van der Waals surface area contributed by atoms with Crippen LogP contribution in [0.5, 0.6) is 0 Å². The Morgan fingerprint density at radius 3 is 2.74 bits per heavy atom. The van der Waals surface area contributed by atoms with Crippen molar-refractivity contribution in [2.45, 2.75) is 29.2 Å². The molecule has 0 bridgehead atoms. The van der Waals surface area contributed by atoms with Gasteiger partial charge < -0.3 is 4.90 Å². The third kappa shape index (κ3) is 3.56. The zero-order valence-corrected chi connectivity index (χ0v) is 14.0. The molecule has 3 rings (SSSR count). The van der Waals surface area contributed by atoms with Crippen molar-refractivity contribution in [2.75, 3.05) is 18.0 Å². The van der Waals surface area contributed by atoms with Gasteiger partial charge in [0, 0.05) is 13.1 Å². The summed E-state index contributed by atoms with van der Waals surface area (Å²) in [6.45, 7) is 1.51. The molecule has 0 amide bonds. The average molecular weight is 352 g/mol. The van der Waals surface area contributed by atoms with Gasteiger partial charge in [0.15, 0.2) is 0 Å². The fourth-order valence-electron chi connectivity index (χ4n) is 2.62. The normalized spacial score (nSPS) is 16.3. The van der Waals surface area contributed by atoms with Crippen LogP contribution in [0.4, 0.5) is 11.5 Å². The van der Waals surface area contributed by atoms with Crippen LogP contribution in [-0.2, 0) is 16.6 Å². The molecule has 0 radical (unpaired) electrons. The topological polar surface area (TPSA) is 89.2 Å². The molecule has 2 aromatic heterocycles. The highest BCUT2D eigenvalue weighted by Gasteiger charge is 2.28. The second kappa shape index (κ2) is 7.14. The van der Waals surface area contributed by atoms with E-state index in [0.717, 1.165) is 32.4 Å². The van der Waals surface area contributed by atoms with Crippen LogP contribution in [0.15, 0.2) is 28.0 Å². The summed E-state index contributed by atoms with van der Waals surface area (Å²) in [5.74, 6) is 0.378. The van der Waals surface area contributed by atoms with Gasteiger partial charge in [0.2, 0.25) is 5.82 Å². The molecule has 1 atom stereocenters. The van der Waals surface area contributed by atoms with Gasteiger partial charge in [-0.2, -0.15) is 0 Å². The highest BCUT2D eigenvalue weighted by Crippen LogP contribution is 2.31. The van der Waals surface area contributed by atoms with Crippen LogP contribution in [0.2, 0.25) is 0 Å². The van der Waals surface area contributed by atoms with E-state index in [-0.39, 0.29) is 17.1 Å². The van der Waals surface area contributed by atoms with Gasteiger partial charge in [-0.15, -0.1) is 11.3 Å². The Hall–Kier alpha value is -1.87. The molecule has 0 saturated carbocycles. The van der Waals surface area contributed by atoms with Gasteiger partial charge >= 0.3 is 5.69 Å². The van der Waals surface area contributed by atoms with Crippen LogP contribution in [0.3, 0.4) is 0 Å². The van der Waals surface area contributed by atoms with Crippen molar-refractivity contribution >= 4 is 33.6 Å². The van der Waals surface area contributed by atoms with E-state index in [9.17, 15) is 14.3 Å². The smallest absolute Gasteiger partial charge is 0.333 e. The van der Waals surface area contributed by atoms with E-state index in [1.165, 1.54) is 17.7 Å². The molecule has 0 N–H and O–H groups in total. The lowest BCUT2D eigenvalue weighted by Gasteiger charge is -2.27. The first-order valence-corrected chi connectivity index (χ1v) is 9.52. The van der Waals surface area contributed by atoms with Crippen molar-refractivity contribution in [3.05, 3.63) is 39.6 Å². The molecule has 1 aliphatic rings. The van der Waals surface area contributed by atoms with E-state index in [0.29, 0.717) is 10.0 Å². The summed E-state index contributed by atoms with van der Waals surface area (Å²) >= 11 is 1.37. The van der Waals surface area contributed by atoms with Crippen LogP contribution in [0.25, 0.3) is 0 Å². The maximum absolute atomic E-state index is 12.4. The quantitative estimate of drug-likeness (QED) is 0.607. The molecule has 0 aliphatic carbocycles. The van der Waals surface area contributed by atoms with Gasteiger partial charge in [0.1, 0.15) is 12.0 Å². The summed E-state index contributed by atoms with van der Waals surface area (Å²) < 4.78 is 13.1. The van der Waals surface area contributed by atoms with Gasteiger partial charge in [-0.25, -0.2) is 9.97 Å². The summed E-state index contributed by atoms with van der Waals surface area (Å²) in [7, 11) is -1.34. The average Bonchev–Trinajstić information content (AvgIpc) is 3.10. The Morgan fingerprint density at radius 2 is 2.09 bits per heavy atom. The molecule has 122 valence electrons. The minimum Gasteiger partial charge on any atom is -0.351 e. The first-order chi connectivity index (χ1) is 11.2. The number of piperidine rings is 1. The number of hydrogen-bond acceptors (Lipinski definition) is 7. The molecule has 3 heterocycles. The first kappa shape index (κ1) is 16.0. The van der Waals surface area contributed by atoms with Crippen LogP contribution >= 0.6 is 11.3 Å². The largest absolute Gasteiger partial charge is 0.351 e. The third-order valence-corrected chi connectivity index (χ3v) is 6.33. The monoisotopic (exact) mass is 352 g/mol. The van der Waals surface area contributed by atoms with Gasteiger partial charge in [-0.1, -0.05) is 6.07 Å². The predicted octanol–water partition coefficient (Wildman–Crippen LogP) is 2.74. The van der Waals surface area contributed by atoms with E-state index in [2.05, 4.69) is 9.97 Å². The SMILES string of the molecule is O=[N+]([O-])c1c(CS(=O)c2cccs2)ncnc1N1CCCCC1. The minimum absolute atomic E-state index is 0.0280. The lowest BCUT2D eigenvalue weighted by Crippen LogP contribution is -2.31. The number of thiophene rings is 1. The molecule has 1 unspecified atom stereocenters. The molecule has 0 spiro atoms. The number of rotatable bonds is 5. The van der Waals surface area contributed by atoms with Crippen LogP contribution in [0.1, 0.15) is 25.0 Å². The molecule has 1 fully saturated rings. The standard InChI is InChI=1S/C14H16N4O3S2/c19-18(20)13-11(9-23(21)12-5-4-8-22-12)15-10-16-14(13)17-6-2-1-3-7-17/h4-5,8,10H,1-3,6-7,9H2. The summed E-state index contributed by atoms with van der Waals surface area (Å²) in [6.07, 6.45) is 4.46. The highest BCUT2D eigenvalue weighted by atomic mass is 32.2. The molecule has 1 aliphatic heterocycles. The van der Waals surface area contributed by atoms with Crippen molar-refractivity contribution in [3.63, 3.8) is 0 Å². The minimum atomic E-state index is -1.34. The number of aromatic nitrogens is 2. The van der Waals surface area contributed by atoms with Crippen molar-refractivity contribution in [3.8, 4) is 0 Å². The van der Waals surface area contributed by atoms with E-state index >= 15 is 0 Å². The summed E-state index contributed by atoms with van der Waals surface area (Å²) in [6, 6.07) is 3.57. The second-order valence-corrected chi connectivity index (χ2v) is 7.84. The molecule has 7 nitrogen and oxygen atoms in total. The van der Waals surface area contributed by atoms with E-state index in [1.54, 1.807) is 6.07 Å². The molecular formula is C14H16N4O3S2. The number of anilines is 1. The van der Waals surface area contributed by atoms with E-state index < -0.39 is 15.7 Å². The molecule has 0 aromatic carbocycles.